The molecule has 1 aromatic carbocycles. The molecule has 4 heteroatoms. The number of carbonyl (C=O) groups is 1. The van der Waals surface area contributed by atoms with E-state index in [4.69, 9.17) is 10.5 Å². The number of amides is 1. The maximum absolute atomic E-state index is 12.4. The molecule has 0 aliphatic carbocycles. The topological polar surface area (TPSA) is 55.6 Å². The normalized spacial score (nSPS) is 19.0. The van der Waals surface area contributed by atoms with Gasteiger partial charge in [0, 0.05) is 24.8 Å². The molecule has 1 fully saturated rings. The number of nitrogens with zero attached hydrogens (tertiary/aromatic N) is 1. The van der Waals surface area contributed by atoms with Crippen molar-refractivity contribution in [3.63, 3.8) is 0 Å². The van der Waals surface area contributed by atoms with E-state index in [0.717, 1.165) is 25.9 Å². The van der Waals surface area contributed by atoms with Crippen molar-refractivity contribution in [3.8, 4) is 5.75 Å². The Bertz CT molecular complexity index is 445. The third kappa shape index (κ3) is 2.42. The van der Waals surface area contributed by atoms with Crippen LogP contribution >= 0.6 is 0 Å². The van der Waals surface area contributed by atoms with Crippen molar-refractivity contribution in [1.29, 1.82) is 0 Å². The zero-order valence-corrected chi connectivity index (χ0v) is 11.0. The molecule has 1 saturated heterocycles. The Morgan fingerprint density at radius 2 is 2.33 bits per heavy atom. The molecule has 98 valence electrons. The summed E-state index contributed by atoms with van der Waals surface area (Å²) in [4.78, 5) is 14.3. The van der Waals surface area contributed by atoms with Crippen LogP contribution < -0.4 is 10.5 Å². The van der Waals surface area contributed by atoms with E-state index < -0.39 is 0 Å². The minimum Gasteiger partial charge on any atom is -0.496 e. The van der Waals surface area contributed by atoms with Gasteiger partial charge in [-0.1, -0.05) is 13.3 Å². The van der Waals surface area contributed by atoms with Crippen LogP contribution in [0.2, 0.25) is 0 Å². The van der Waals surface area contributed by atoms with Crippen LogP contribution in [0.15, 0.2) is 18.2 Å². The minimum absolute atomic E-state index is 0.0443. The maximum atomic E-state index is 12.4. The lowest BCUT2D eigenvalue weighted by atomic mass is 10.1. The maximum Gasteiger partial charge on any atom is 0.257 e. The lowest BCUT2D eigenvalue weighted by Crippen LogP contribution is -2.29. The Hall–Kier alpha value is -1.71. The summed E-state index contributed by atoms with van der Waals surface area (Å²) in [6.45, 7) is 3.86. The Morgan fingerprint density at radius 1 is 1.56 bits per heavy atom. The third-order valence-corrected chi connectivity index (χ3v) is 3.61. The average Bonchev–Trinajstić information content (AvgIpc) is 2.86. The summed E-state index contributed by atoms with van der Waals surface area (Å²) in [5.41, 5.74) is 6.90. The molecule has 0 spiro atoms. The molecule has 2 N–H and O–H groups in total. The first kappa shape index (κ1) is 12.7. The number of likely N-dealkylation sites (tertiary alicyclic amines) is 1. The summed E-state index contributed by atoms with van der Waals surface area (Å²) in [6, 6.07) is 5.18. The van der Waals surface area contributed by atoms with Crippen LogP contribution in [0.25, 0.3) is 0 Å². The summed E-state index contributed by atoms with van der Waals surface area (Å²) in [7, 11) is 1.56. The molecule has 1 atom stereocenters. The lowest BCUT2D eigenvalue weighted by molar-refractivity contribution is 0.0783. The van der Waals surface area contributed by atoms with E-state index in [1.165, 1.54) is 0 Å². The number of ether oxygens (including phenoxy) is 1. The summed E-state index contributed by atoms with van der Waals surface area (Å²) >= 11 is 0. The van der Waals surface area contributed by atoms with Crippen molar-refractivity contribution in [2.24, 2.45) is 5.92 Å². The highest BCUT2D eigenvalue weighted by Gasteiger charge is 2.27. The van der Waals surface area contributed by atoms with Gasteiger partial charge in [-0.25, -0.2) is 0 Å². The summed E-state index contributed by atoms with van der Waals surface area (Å²) in [5.74, 6) is 1.23. The number of nitrogen functional groups attached to an aromatic ring is 1. The van der Waals surface area contributed by atoms with Crippen LogP contribution in [-0.4, -0.2) is 31.0 Å². The zero-order chi connectivity index (χ0) is 13.1. The van der Waals surface area contributed by atoms with Gasteiger partial charge in [0.2, 0.25) is 0 Å². The van der Waals surface area contributed by atoms with Crippen LogP contribution in [0, 0.1) is 5.92 Å². The monoisotopic (exact) mass is 248 g/mol. The number of methoxy groups -OCH3 is 1. The van der Waals surface area contributed by atoms with Crippen LogP contribution in [0.3, 0.4) is 0 Å². The van der Waals surface area contributed by atoms with Crippen molar-refractivity contribution in [2.75, 3.05) is 25.9 Å². The number of hydrogen-bond donors (Lipinski definition) is 1. The highest BCUT2D eigenvalue weighted by molar-refractivity contribution is 5.97. The van der Waals surface area contributed by atoms with Crippen molar-refractivity contribution in [2.45, 2.75) is 19.8 Å². The van der Waals surface area contributed by atoms with Gasteiger partial charge in [-0.15, -0.1) is 0 Å². The second-order valence-corrected chi connectivity index (χ2v) is 4.77. The standard InChI is InChI=1S/C14H20N2O2/c1-3-10-6-7-16(9-10)14(17)12-5-4-11(15)8-13(12)18-2/h4-5,8,10H,3,6-7,9,15H2,1-2H3. The number of hydrogen-bond acceptors (Lipinski definition) is 3. The van der Waals surface area contributed by atoms with Gasteiger partial charge in [0.05, 0.1) is 12.7 Å². The molecule has 1 unspecified atom stereocenters. The van der Waals surface area contributed by atoms with Crippen molar-refractivity contribution < 1.29 is 9.53 Å². The van der Waals surface area contributed by atoms with Gasteiger partial charge in [0.1, 0.15) is 5.75 Å². The molecule has 1 amide bonds. The first-order chi connectivity index (χ1) is 8.65. The van der Waals surface area contributed by atoms with Gasteiger partial charge in [0.15, 0.2) is 0 Å². The number of rotatable bonds is 3. The molecule has 0 aromatic heterocycles. The largest absolute Gasteiger partial charge is 0.496 e. The van der Waals surface area contributed by atoms with Gasteiger partial charge in [-0.2, -0.15) is 0 Å². The van der Waals surface area contributed by atoms with Gasteiger partial charge in [0.25, 0.3) is 5.91 Å². The van der Waals surface area contributed by atoms with E-state index in [-0.39, 0.29) is 5.91 Å². The fourth-order valence-electron chi connectivity index (χ4n) is 2.41. The molecule has 2 rings (SSSR count). The van der Waals surface area contributed by atoms with E-state index in [2.05, 4.69) is 6.92 Å². The first-order valence-electron chi connectivity index (χ1n) is 6.38. The van der Waals surface area contributed by atoms with Crippen LogP contribution in [0.4, 0.5) is 5.69 Å². The summed E-state index contributed by atoms with van der Waals surface area (Å²) in [6.07, 6.45) is 2.22. The smallest absolute Gasteiger partial charge is 0.257 e. The van der Waals surface area contributed by atoms with E-state index >= 15 is 0 Å². The molecule has 1 aliphatic heterocycles. The highest BCUT2D eigenvalue weighted by Crippen LogP contribution is 2.26. The molecule has 1 heterocycles. The fraction of sp³-hybridized carbons (Fsp3) is 0.500. The molecule has 0 radical (unpaired) electrons. The van der Waals surface area contributed by atoms with E-state index in [9.17, 15) is 4.79 Å². The minimum atomic E-state index is 0.0443. The average molecular weight is 248 g/mol. The molecule has 4 nitrogen and oxygen atoms in total. The number of carbonyl (C=O) groups excluding carboxylic acids is 1. The zero-order valence-electron chi connectivity index (χ0n) is 11.0. The number of benzene rings is 1. The predicted octanol–water partition coefficient (Wildman–Crippen LogP) is 2.15. The van der Waals surface area contributed by atoms with Gasteiger partial charge >= 0.3 is 0 Å². The molecule has 18 heavy (non-hydrogen) atoms. The molecule has 1 aromatic rings. The second-order valence-electron chi connectivity index (χ2n) is 4.77. The van der Waals surface area contributed by atoms with Gasteiger partial charge in [-0.05, 0) is 24.5 Å². The fourth-order valence-corrected chi connectivity index (χ4v) is 2.41. The van der Waals surface area contributed by atoms with E-state index in [1.807, 2.05) is 4.90 Å². The first-order valence-corrected chi connectivity index (χ1v) is 6.38. The Balaban J connectivity index is 2.19. The Kier molecular flexibility index (Phi) is 3.75. The quantitative estimate of drug-likeness (QED) is 0.834. The molecule has 0 saturated carbocycles. The summed E-state index contributed by atoms with van der Waals surface area (Å²) in [5, 5.41) is 0. The predicted molar refractivity (Wildman–Crippen MR) is 71.7 cm³/mol. The SMILES string of the molecule is CCC1CCN(C(=O)c2ccc(N)cc2OC)C1. The molecule has 1 aliphatic rings. The van der Waals surface area contributed by atoms with E-state index in [0.29, 0.717) is 22.9 Å². The Morgan fingerprint density at radius 3 is 2.94 bits per heavy atom. The van der Waals surface area contributed by atoms with Crippen LogP contribution in [0.5, 0.6) is 5.75 Å². The van der Waals surface area contributed by atoms with E-state index in [1.54, 1.807) is 25.3 Å². The van der Waals surface area contributed by atoms with Crippen LogP contribution in [0.1, 0.15) is 30.1 Å². The highest BCUT2D eigenvalue weighted by atomic mass is 16.5. The molecular formula is C14H20N2O2. The van der Waals surface area contributed by atoms with Gasteiger partial charge < -0.3 is 15.4 Å². The van der Waals surface area contributed by atoms with Crippen molar-refractivity contribution >= 4 is 11.6 Å². The lowest BCUT2D eigenvalue weighted by Gasteiger charge is -2.18. The van der Waals surface area contributed by atoms with Gasteiger partial charge in [-0.3, -0.25) is 4.79 Å². The number of nitrogens with two attached hydrogens (primary N) is 1. The Labute approximate surface area is 108 Å². The van der Waals surface area contributed by atoms with Crippen molar-refractivity contribution in [3.05, 3.63) is 23.8 Å². The second kappa shape index (κ2) is 5.29. The number of anilines is 1. The van der Waals surface area contributed by atoms with Crippen molar-refractivity contribution in [1.82, 2.24) is 4.90 Å². The molecular weight excluding hydrogens is 228 g/mol. The van der Waals surface area contributed by atoms with Crippen LogP contribution in [-0.2, 0) is 0 Å². The summed E-state index contributed by atoms with van der Waals surface area (Å²) < 4.78 is 5.23. The molecule has 0 bridgehead atoms. The third-order valence-electron chi connectivity index (χ3n) is 3.61.